The number of carboxylic acid groups (broad SMARTS) is 3. The lowest BCUT2D eigenvalue weighted by molar-refractivity contribution is -0.358. The summed E-state index contributed by atoms with van der Waals surface area (Å²) < 4.78 is 22.4. The smallest absolute Gasteiger partial charge is 0.354 e. The number of hydrogen-bond acceptors (Lipinski definition) is 17. The Morgan fingerprint density at radius 1 is 0.860 bits per heavy atom. The van der Waals surface area contributed by atoms with Crippen LogP contribution < -0.4 is 9.64 Å². The second-order valence-corrected chi connectivity index (χ2v) is 11.9. The fourth-order valence-corrected chi connectivity index (χ4v) is 5.98. The van der Waals surface area contributed by atoms with E-state index in [-0.39, 0.29) is 29.9 Å². The summed E-state index contributed by atoms with van der Waals surface area (Å²) in [6, 6.07) is -0.243. The summed E-state index contributed by atoms with van der Waals surface area (Å²) in [5, 5.41) is 111. The van der Waals surface area contributed by atoms with Gasteiger partial charge in [0.15, 0.2) is 29.9 Å². The molecule has 0 radical (unpaired) electrons. The number of nitrogens with zero attached hydrogens (tertiary/aromatic N) is 2. The van der Waals surface area contributed by atoms with Crippen molar-refractivity contribution in [1.82, 2.24) is 0 Å². The summed E-state index contributed by atoms with van der Waals surface area (Å²) in [6.07, 6.45) is -14.1. The Balaban J connectivity index is 1.45. The highest BCUT2D eigenvalue weighted by atomic mass is 16.8. The highest BCUT2D eigenvalue weighted by Gasteiger charge is 2.51. The lowest BCUT2D eigenvalue weighted by Gasteiger charge is -2.45. The van der Waals surface area contributed by atoms with Crippen molar-refractivity contribution in [3.05, 3.63) is 41.6 Å². The standard InChI is InChI=1S/C30H36N2O18/c33-8-18-20(36)22(38)24(40)29(48-18)50-25-23(39)21(37)19(9-34)49-30(25)47-17-7-14-11(6-16(17)35)5-15(28(45)46)32(14)2-1-10-3-12(26(41)42)31-13(4-10)27(43)44/h1-3,6-7,13,15,18-25,29-30,33-40H,4-5,8-9H2,(H,41,42)(H,43,44)(H,45,46)/b2-1+/t13-,15+,18+,19+,20+,21+,22-,23-,24+,25+,29-,30+/m0/s1. The Morgan fingerprint density at radius 3 is 2.10 bits per heavy atom. The number of aliphatic carboxylic acids is 3. The minimum atomic E-state index is -1.93. The van der Waals surface area contributed by atoms with Crippen molar-refractivity contribution in [3.8, 4) is 11.5 Å². The molecule has 0 amide bonds. The van der Waals surface area contributed by atoms with Crippen molar-refractivity contribution in [3.63, 3.8) is 0 Å². The molecule has 2 saturated heterocycles. The monoisotopic (exact) mass is 712 g/mol. The largest absolute Gasteiger partial charge is 0.504 e. The number of carboxylic acids is 3. The predicted molar refractivity (Wildman–Crippen MR) is 161 cm³/mol. The molecule has 0 saturated carbocycles. The zero-order chi connectivity index (χ0) is 36.6. The maximum atomic E-state index is 12.2. The molecule has 0 aromatic heterocycles. The van der Waals surface area contributed by atoms with Crippen molar-refractivity contribution < 1.29 is 89.5 Å². The van der Waals surface area contributed by atoms with E-state index in [1.165, 1.54) is 29.3 Å². The van der Waals surface area contributed by atoms with Gasteiger partial charge in [0, 0.05) is 30.8 Å². The first-order valence-electron chi connectivity index (χ1n) is 15.2. The fraction of sp³-hybridized carbons (Fsp3) is 0.533. The van der Waals surface area contributed by atoms with Crippen LogP contribution in [0.4, 0.5) is 5.69 Å². The van der Waals surface area contributed by atoms with Crippen molar-refractivity contribution >= 4 is 29.3 Å². The Morgan fingerprint density at radius 2 is 1.50 bits per heavy atom. The summed E-state index contributed by atoms with van der Waals surface area (Å²) in [5.74, 6) is -5.04. The number of ether oxygens (including phenoxy) is 4. The molecule has 0 spiro atoms. The molecule has 50 heavy (non-hydrogen) atoms. The molecule has 0 bridgehead atoms. The van der Waals surface area contributed by atoms with Gasteiger partial charge in [-0.05, 0) is 29.4 Å². The van der Waals surface area contributed by atoms with Crippen LogP contribution in [0.2, 0.25) is 0 Å². The molecule has 0 unspecified atom stereocenters. The first-order chi connectivity index (χ1) is 23.6. The van der Waals surface area contributed by atoms with Crippen LogP contribution in [0.25, 0.3) is 0 Å². The minimum absolute atomic E-state index is 0.123. The molecular weight excluding hydrogens is 676 g/mol. The van der Waals surface area contributed by atoms with E-state index < -0.39 is 116 Å². The topological polar surface area (TPSA) is 326 Å². The van der Waals surface area contributed by atoms with Gasteiger partial charge in [0.2, 0.25) is 6.29 Å². The number of rotatable bonds is 11. The number of aliphatic hydroxyl groups excluding tert-OH is 7. The molecule has 11 N–H and O–H groups in total. The predicted octanol–water partition coefficient (Wildman–Crippen LogP) is -3.97. The molecule has 4 aliphatic heterocycles. The number of aliphatic imine (C=N–C) groups is 1. The highest BCUT2D eigenvalue weighted by Crippen LogP contribution is 2.42. The maximum Gasteiger partial charge on any atom is 0.354 e. The summed E-state index contributed by atoms with van der Waals surface area (Å²) in [7, 11) is 0. The number of aromatic hydroxyl groups is 1. The van der Waals surface area contributed by atoms with E-state index in [2.05, 4.69) is 4.99 Å². The Hall–Kier alpha value is -4.22. The van der Waals surface area contributed by atoms with Gasteiger partial charge in [-0.25, -0.2) is 14.4 Å². The van der Waals surface area contributed by atoms with Crippen LogP contribution in [0.1, 0.15) is 12.0 Å². The molecule has 20 heteroatoms. The normalized spacial score (nSPS) is 35.7. The number of dihydropyridines is 1. The molecule has 1 aromatic rings. The van der Waals surface area contributed by atoms with E-state index in [0.717, 1.165) is 6.08 Å². The fourth-order valence-electron chi connectivity index (χ4n) is 5.98. The number of aliphatic hydroxyl groups is 7. The quantitative estimate of drug-likeness (QED) is 0.104. The first-order valence-corrected chi connectivity index (χ1v) is 15.2. The van der Waals surface area contributed by atoms with E-state index in [1.807, 2.05) is 0 Å². The number of hydrogen-bond donors (Lipinski definition) is 11. The average molecular weight is 713 g/mol. The summed E-state index contributed by atoms with van der Waals surface area (Å²) >= 11 is 0. The Bertz CT molecular complexity index is 1560. The van der Waals surface area contributed by atoms with Gasteiger partial charge in [-0.3, -0.25) is 4.99 Å². The molecule has 5 rings (SSSR count). The van der Waals surface area contributed by atoms with Crippen LogP contribution in [-0.2, 0) is 35.0 Å². The van der Waals surface area contributed by atoms with Crippen LogP contribution in [0.15, 0.2) is 41.1 Å². The van der Waals surface area contributed by atoms with Crippen LogP contribution in [0.3, 0.4) is 0 Å². The summed E-state index contributed by atoms with van der Waals surface area (Å²) in [4.78, 5) is 40.2. The zero-order valence-corrected chi connectivity index (χ0v) is 25.8. The molecule has 274 valence electrons. The van der Waals surface area contributed by atoms with Gasteiger partial charge in [-0.2, -0.15) is 0 Å². The van der Waals surface area contributed by atoms with E-state index in [9.17, 15) is 70.6 Å². The first kappa shape index (κ1) is 37.0. The lowest BCUT2D eigenvalue weighted by Crippen LogP contribution is -2.65. The number of phenolic OH excluding ortho intramolecular Hbond substituents is 1. The second-order valence-electron chi connectivity index (χ2n) is 11.9. The molecule has 4 heterocycles. The number of fused-ring (bicyclic) bond motifs is 1. The third kappa shape index (κ3) is 7.30. The number of allylic oxidation sites excluding steroid dienone is 1. The highest BCUT2D eigenvalue weighted by molar-refractivity contribution is 6.41. The third-order valence-corrected chi connectivity index (χ3v) is 8.68. The van der Waals surface area contributed by atoms with Crippen LogP contribution in [0, 0.1) is 0 Å². The van der Waals surface area contributed by atoms with Gasteiger partial charge in [0.25, 0.3) is 0 Å². The summed E-state index contributed by atoms with van der Waals surface area (Å²) in [5.41, 5.74) is 0.190. The zero-order valence-electron chi connectivity index (χ0n) is 25.8. The molecule has 0 aliphatic carbocycles. The number of phenols is 1. The second kappa shape index (κ2) is 14.9. The third-order valence-electron chi connectivity index (χ3n) is 8.68. The number of carbonyl (C=O) groups is 3. The number of benzene rings is 1. The molecule has 20 nitrogen and oxygen atoms in total. The maximum absolute atomic E-state index is 12.2. The van der Waals surface area contributed by atoms with Crippen LogP contribution >= 0.6 is 0 Å². The van der Waals surface area contributed by atoms with E-state index >= 15 is 0 Å². The van der Waals surface area contributed by atoms with Gasteiger partial charge < -0.3 is 80.0 Å². The molecular formula is C30H36N2O18. The van der Waals surface area contributed by atoms with E-state index in [1.54, 1.807) is 0 Å². The van der Waals surface area contributed by atoms with Gasteiger partial charge >= 0.3 is 17.9 Å². The number of anilines is 1. The van der Waals surface area contributed by atoms with Gasteiger partial charge in [0.05, 0.1) is 13.2 Å². The van der Waals surface area contributed by atoms with Crippen molar-refractivity contribution in [2.75, 3.05) is 18.1 Å². The minimum Gasteiger partial charge on any atom is -0.504 e. The SMILES string of the molecule is O=C(O)C1=N[C@H](C(=O)O)CC(/C=C/N2c3cc(O[C@@H]4O[C@H](CO)[C@@H](O)[C@H](O)[C@H]4O[C@@H]4O[C@H](CO)[C@@H](O)[C@H](O)[C@H]4O)c(O)cc3C[C@@H]2C(=O)O)=C1. The van der Waals surface area contributed by atoms with Crippen LogP contribution in [0.5, 0.6) is 11.5 Å². The van der Waals surface area contributed by atoms with Crippen molar-refractivity contribution in [1.29, 1.82) is 0 Å². The van der Waals surface area contributed by atoms with Gasteiger partial charge in [0.1, 0.15) is 54.5 Å². The summed E-state index contributed by atoms with van der Waals surface area (Å²) in [6.45, 7) is -1.63. The average Bonchev–Trinajstić information content (AvgIpc) is 3.43. The van der Waals surface area contributed by atoms with Gasteiger partial charge in [-0.1, -0.05) is 0 Å². The Kier molecular flexibility index (Phi) is 11.1. The lowest BCUT2D eigenvalue weighted by atomic mass is 9.97. The molecule has 2 fully saturated rings. The van der Waals surface area contributed by atoms with Crippen LogP contribution in [-0.4, -0.2) is 167 Å². The van der Waals surface area contributed by atoms with E-state index in [0.29, 0.717) is 5.56 Å². The molecule has 4 aliphatic rings. The molecule has 12 atom stereocenters. The van der Waals surface area contributed by atoms with E-state index in [4.69, 9.17) is 18.9 Å². The Labute approximate surface area is 281 Å². The van der Waals surface area contributed by atoms with Crippen molar-refractivity contribution in [2.24, 2.45) is 4.99 Å². The molecule has 1 aromatic carbocycles. The van der Waals surface area contributed by atoms with Crippen molar-refractivity contribution in [2.45, 2.75) is 86.3 Å². The van der Waals surface area contributed by atoms with Gasteiger partial charge in [-0.15, -0.1) is 0 Å².